The molecule has 0 aliphatic rings. The predicted molar refractivity (Wildman–Crippen MR) is 97.7 cm³/mol. The third-order valence-corrected chi connectivity index (χ3v) is 4.00. The summed E-state index contributed by atoms with van der Waals surface area (Å²) in [4.78, 5) is 20.3. The number of hydrogen-bond acceptors (Lipinski definition) is 4. The Bertz CT molecular complexity index is 973. The van der Waals surface area contributed by atoms with E-state index in [-0.39, 0.29) is 5.91 Å². The molecular weight excluding hydrogens is 328 g/mol. The number of carbonyl (C=O) groups excluding carboxylic acids is 1. The fourth-order valence-corrected chi connectivity index (χ4v) is 2.63. The smallest absolute Gasteiger partial charge is 0.255 e. The van der Waals surface area contributed by atoms with Crippen LogP contribution in [0.4, 0.5) is 5.69 Å². The fourth-order valence-electron chi connectivity index (χ4n) is 2.63. The lowest BCUT2D eigenvalue weighted by molar-refractivity contribution is 0.102. The number of nitrogens with zero attached hydrogens (tertiary/aromatic N) is 3. The maximum atomic E-state index is 12.4. The Morgan fingerprint density at radius 3 is 2.50 bits per heavy atom. The van der Waals surface area contributed by atoms with Gasteiger partial charge in [-0.15, -0.1) is 0 Å². The van der Waals surface area contributed by atoms with Crippen LogP contribution in [-0.2, 0) is 6.54 Å². The quantitative estimate of drug-likeness (QED) is 0.597. The molecule has 6 nitrogen and oxygen atoms in total. The Hall–Kier alpha value is -3.67. The van der Waals surface area contributed by atoms with Crippen molar-refractivity contribution in [2.24, 2.45) is 0 Å². The summed E-state index contributed by atoms with van der Waals surface area (Å²) in [6.45, 7) is 0.747. The highest BCUT2D eigenvalue weighted by atomic mass is 16.3. The zero-order valence-electron chi connectivity index (χ0n) is 13.9. The molecule has 1 amide bonds. The number of benzene rings is 2. The van der Waals surface area contributed by atoms with E-state index in [1.165, 1.54) is 6.39 Å². The first-order valence-electron chi connectivity index (χ1n) is 8.13. The summed E-state index contributed by atoms with van der Waals surface area (Å²) in [6, 6.07) is 15.0. The van der Waals surface area contributed by atoms with Gasteiger partial charge in [0.2, 0.25) is 0 Å². The van der Waals surface area contributed by atoms with Gasteiger partial charge in [-0.2, -0.15) is 0 Å². The molecule has 0 aliphatic carbocycles. The van der Waals surface area contributed by atoms with Crippen molar-refractivity contribution in [3.63, 3.8) is 0 Å². The Balaban J connectivity index is 1.41. The zero-order chi connectivity index (χ0) is 17.8. The summed E-state index contributed by atoms with van der Waals surface area (Å²) in [5.41, 5.74) is 3.35. The number of carbonyl (C=O) groups is 1. The molecule has 6 heteroatoms. The van der Waals surface area contributed by atoms with E-state index in [1.807, 2.05) is 47.2 Å². The second-order valence-electron chi connectivity index (χ2n) is 5.83. The SMILES string of the molecule is O=C(Nc1ccc(Cn2ccnc2)cc1)c1ccc(-c2cnco2)cc1. The van der Waals surface area contributed by atoms with Crippen LogP contribution in [0.15, 0.2) is 84.3 Å². The molecule has 0 saturated heterocycles. The van der Waals surface area contributed by atoms with Crippen LogP contribution < -0.4 is 5.32 Å². The minimum absolute atomic E-state index is 0.156. The standard InChI is InChI=1S/C20H16N4O2/c25-20(17-5-3-16(4-6-17)19-11-22-14-26-19)23-18-7-1-15(2-8-18)12-24-10-9-21-13-24/h1-11,13-14H,12H2,(H,23,25). The van der Waals surface area contributed by atoms with Gasteiger partial charge in [-0.25, -0.2) is 9.97 Å². The summed E-state index contributed by atoms with van der Waals surface area (Å²) in [5.74, 6) is 0.516. The van der Waals surface area contributed by atoms with E-state index in [0.717, 1.165) is 23.4 Å². The number of hydrogen-bond donors (Lipinski definition) is 1. The van der Waals surface area contributed by atoms with E-state index in [9.17, 15) is 4.79 Å². The first kappa shape index (κ1) is 15.8. The van der Waals surface area contributed by atoms with Gasteiger partial charge < -0.3 is 14.3 Å². The van der Waals surface area contributed by atoms with Gasteiger partial charge in [0.25, 0.3) is 5.91 Å². The van der Waals surface area contributed by atoms with E-state index in [2.05, 4.69) is 15.3 Å². The maximum Gasteiger partial charge on any atom is 0.255 e. The van der Waals surface area contributed by atoms with Gasteiger partial charge in [0.05, 0.1) is 12.5 Å². The molecule has 4 rings (SSSR count). The molecule has 0 unspecified atom stereocenters. The van der Waals surface area contributed by atoms with Gasteiger partial charge in [-0.1, -0.05) is 24.3 Å². The third-order valence-electron chi connectivity index (χ3n) is 4.00. The highest BCUT2D eigenvalue weighted by Gasteiger charge is 2.08. The first-order valence-corrected chi connectivity index (χ1v) is 8.13. The topological polar surface area (TPSA) is 73.0 Å². The van der Waals surface area contributed by atoms with E-state index in [4.69, 9.17) is 4.42 Å². The molecule has 2 aromatic heterocycles. The molecule has 1 N–H and O–H groups in total. The number of aromatic nitrogens is 3. The lowest BCUT2D eigenvalue weighted by Crippen LogP contribution is -2.11. The van der Waals surface area contributed by atoms with Crippen molar-refractivity contribution in [2.45, 2.75) is 6.54 Å². The van der Waals surface area contributed by atoms with E-state index in [1.54, 1.807) is 30.9 Å². The van der Waals surface area contributed by atoms with Crippen molar-refractivity contribution >= 4 is 11.6 Å². The number of rotatable bonds is 5. The van der Waals surface area contributed by atoms with Crippen LogP contribution in [0.5, 0.6) is 0 Å². The second-order valence-corrected chi connectivity index (χ2v) is 5.83. The molecule has 4 aromatic rings. The summed E-state index contributed by atoms with van der Waals surface area (Å²) < 4.78 is 7.24. The molecule has 0 spiro atoms. The van der Waals surface area contributed by atoms with Gasteiger partial charge in [-0.3, -0.25) is 4.79 Å². The van der Waals surface area contributed by atoms with Crippen molar-refractivity contribution in [1.29, 1.82) is 0 Å². The minimum Gasteiger partial charge on any atom is -0.444 e. The monoisotopic (exact) mass is 344 g/mol. The Morgan fingerprint density at radius 2 is 1.85 bits per heavy atom. The van der Waals surface area contributed by atoms with Gasteiger partial charge in [-0.05, 0) is 29.8 Å². The van der Waals surface area contributed by atoms with Crippen LogP contribution in [0.2, 0.25) is 0 Å². The van der Waals surface area contributed by atoms with E-state index in [0.29, 0.717) is 11.3 Å². The van der Waals surface area contributed by atoms with Crippen molar-refractivity contribution in [3.8, 4) is 11.3 Å². The lowest BCUT2D eigenvalue weighted by Gasteiger charge is -2.08. The molecule has 128 valence electrons. The van der Waals surface area contributed by atoms with E-state index >= 15 is 0 Å². The molecule has 0 radical (unpaired) electrons. The number of nitrogens with one attached hydrogen (secondary N) is 1. The van der Waals surface area contributed by atoms with Crippen molar-refractivity contribution in [2.75, 3.05) is 5.32 Å². The average Bonchev–Trinajstić information content (AvgIpc) is 3.37. The fraction of sp³-hybridized carbons (Fsp3) is 0.0500. The molecular formula is C20H16N4O2. The molecule has 0 atom stereocenters. The first-order chi connectivity index (χ1) is 12.8. The average molecular weight is 344 g/mol. The Morgan fingerprint density at radius 1 is 1.04 bits per heavy atom. The third kappa shape index (κ3) is 3.54. The van der Waals surface area contributed by atoms with Gasteiger partial charge in [0.15, 0.2) is 12.2 Å². The number of oxazole rings is 1. The Kier molecular flexibility index (Phi) is 4.30. The van der Waals surface area contributed by atoms with Crippen LogP contribution in [-0.4, -0.2) is 20.4 Å². The molecule has 0 saturated carbocycles. The zero-order valence-corrected chi connectivity index (χ0v) is 13.9. The molecule has 0 aliphatic heterocycles. The van der Waals surface area contributed by atoms with Gasteiger partial charge in [0.1, 0.15) is 0 Å². The minimum atomic E-state index is -0.156. The van der Waals surface area contributed by atoms with Crippen LogP contribution in [0.3, 0.4) is 0 Å². The predicted octanol–water partition coefficient (Wildman–Crippen LogP) is 3.84. The van der Waals surface area contributed by atoms with Crippen molar-refractivity contribution < 1.29 is 9.21 Å². The number of anilines is 1. The normalized spacial score (nSPS) is 10.6. The summed E-state index contributed by atoms with van der Waals surface area (Å²) >= 11 is 0. The van der Waals surface area contributed by atoms with Crippen molar-refractivity contribution in [3.05, 3.63) is 91.0 Å². The van der Waals surface area contributed by atoms with Crippen LogP contribution in [0.1, 0.15) is 15.9 Å². The van der Waals surface area contributed by atoms with Gasteiger partial charge >= 0.3 is 0 Å². The van der Waals surface area contributed by atoms with Crippen LogP contribution in [0, 0.1) is 0 Å². The molecule has 0 fully saturated rings. The molecule has 0 bridgehead atoms. The maximum absolute atomic E-state index is 12.4. The van der Waals surface area contributed by atoms with Crippen LogP contribution in [0.25, 0.3) is 11.3 Å². The highest BCUT2D eigenvalue weighted by molar-refractivity contribution is 6.04. The summed E-state index contributed by atoms with van der Waals surface area (Å²) in [6.07, 6.45) is 8.46. The highest BCUT2D eigenvalue weighted by Crippen LogP contribution is 2.19. The number of amides is 1. The Labute approximate surface area is 150 Å². The molecule has 2 aromatic carbocycles. The summed E-state index contributed by atoms with van der Waals surface area (Å²) in [5, 5.41) is 2.90. The molecule has 2 heterocycles. The van der Waals surface area contributed by atoms with Gasteiger partial charge in [0, 0.05) is 35.8 Å². The van der Waals surface area contributed by atoms with E-state index < -0.39 is 0 Å². The lowest BCUT2D eigenvalue weighted by atomic mass is 10.1. The van der Waals surface area contributed by atoms with Crippen LogP contribution >= 0.6 is 0 Å². The largest absolute Gasteiger partial charge is 0.444 e. The van der Waals surface area contributed by atoms with Crippen molar-refractivity contribution in [1.82, 2.24) is 14.5 Å². The number of imidazole rings is 1. The second kappa shape index (κ2) is 7.06. The summed E-state index contributed by atoms with van der Waals surface area (Å²) in [7, 11) is 0. The molecule has 26 heavy (non-hydrogen) atoms.